The maximum Gasteiger partial charge on any atom is 0.253 e. The zero-order valence-electron chi connectivity index (χ0n) is 18.3. The second-order valence-electron chi connectivity index (χ2n) is 8.33. The molecule has 1 amide bonds. The van der Waals surface area contributed by atoms with Gasteiger partial charge in [0.25, 0.3) is 5.91 Å². The van der Waals surface area contributed by atoms with E-state index >= 15 is 0 Å². The first-order valence-corrected chi connectivity index (χ1v) is 13.0. The molecule has 0 saturated carbocycles. The summed E-state index contributed by atoms with van der Waals surface area (Å²) in [6, 6.07) is 10.6. The number of aryl methyl sites for hydroxylation is 2. The number of nitrogens with zero attached hydrogens (tertiary/aromatic N) is 1. The Labute approximate surface area is 195 Å². The number of nitrogens with one attached hydrogen (secondary N) is 1. The van der Waals surface area contributed by atoms with E-state index in [0.717, 1.165) is 18.4 Å². The number of carbonyl (C=O) groups is 1. The standard InChI is InChI=1S/C24H29ClN2O4S/c1-2-23(19-8-7-17-5-3-4-6-18(17)15-19)26-24(28)21-16-20(9-10-22(21)25)32(29,30)27-11-13-31-14-12-27/h7-10,15-16,23H,2-6,11-14H2,1H3,(H,26,28)/t23-/m1/s1. The number of sulfonamides is 1. The van der Waals surface area contributed by atoms with Gasteiger partial charge in [-0.15, -0.1) is 0 Å². The highest BCUT2D eigenvalue weighted by Gasteiger charge is 2.28. The molecule has 1 heterocycles. The van der Waals surface area contributed by atoms with Crippen molar-refractivity contribution in [1.82, 2.24) is 9.62 Å². The molecule has 1 fully saturated rings. The predicted octanol–water partition coefficient (Wildman–Crippen LogP) is 4.12. The van der Waals surface area contributed by atoms with Crippen molar-refractivity contribution in [3.8, 4) is 0 Å². The zero-order chi connectivity index (χ0) is 22.7. The fraction of sp³-hybridized carbons (Fsp3) is 0.458. The zero-order valence-corrected chi connectivity index (χ0v) is 19.8. The van der Waals surface area contributed by atoms with Crippen molar-refractivity contribution >= 4 is 27.5 Å². The van der Waals surface area contributed by atoms with Crippen LogP contribution in [0.4, 0.5) is 0 Å². The minimum atomic E-state index is -3.72. The summed E-state index contributed by atoms with van der Waals surface area (Å²) in [5.41, 5.74) is 3.98. The summed E-state index contributed by atoms with van der Waals surface area (Å²) < 4.78 is 32.6. The second-order valence-corrected chi connectivity index (χ2v) is 10.7. The van der Waals surface area contributed by atoms with Crippen molar-refractivity contribution in [3.63, 3.8) is 0 Å². The van der Waals surface area contributed by atoms with Gasteiger partial charge in [0.2, 0.25) is 10.0 Å². The van der Waals surface area contributed by atoms with E-state index in [-0.39, 0.29) is 27.4 Å². The maximum atomic E-state index is 13.1. The SMILES string of the molecule is CC[C@@H](NC(=O)c1cc(S(=O)(=O)N2CCOCC2)ccc1Cl)c1ccc2c(c1)CCCC2. The highest BCUT2D eigenvalue weighted by atomic mass is 35.5. The predicted molar refractivity (Wildman–Crippen MR) is 125 cm³/mol. The minimum absolute atomic E-state index is 0.0655. The first-order chi connectivity index (χ1) is 15.4. The van der Waals surface area contributed by atoms with E-state index in [4.69, 9.17) is 16.3 Å². The molecule has 0 bridgehead atoms. The Balaban J connectivity index is 1.56. The molecule has 4 rings (SSSR count). The lowest BCUT2D eigenvalue weighted by atomic mass is 9.88. The van der Waals surface area contributed by atoms with E-state index in [0.29, 0.717) is 32.7 Å². The Morgan fingerprint density at radius 1 is 1.09 bits per heavy atom. The molecule has 0 spiro atoms. The highest BCUT2D eigenvalue weighted by molar-refractivity contribution is 7.89. The molecule has 0 unspecified atom stereocenters. The molecule has 0 aromatic heterocycles. The van der Waals surface area contributed by atoms with Gasteiger partial charge in [0, 0.05) is 13.1 Å². The van der Waals surface area contributed by atoms with Gasteiger partial charge in [0.05, 0.1) is 34.7 Å². The Morgan fingerprint density at radius 2 is 1.81 bits per heavy atom. The van der Waals surface area contributed by atoms with Crippen molar-refractivity contribution in [3.05, 3.63) is 63.7 Å². The number of amides is 1. The number of rotatable bonds is 6. The summed E-state index contributed by atoms with van der Waals surface area (Å²) in [4.78, 5) is 13.2. The lowest BCUT2D eigenvalue weighted by molar-refractivity contribution is 0.0730. The molecule has 2 aliphatic rings. The number of ether oxygens (including phenoxy) is 1. The van der Waals surface area contributed by atoms with E-state index in [1.807, 2.05) is 6.92 Å². The largest absolute Gasteiger partial charge is 0.379 e. The third kappa shape index (κ3) is 4.86. The number of hydrogen-bond donors (Lipinski definition) is 1. The van der Waals surface area contributed by atoms with Crippen LogP contribution in [0.25, 0.3) is 0 Å². The van der Waals surface area contributed by atoms with Crippen LogP contribution in [-0.4, -0.2) is 44.9 Å². The van der Waals surface area contributed by atoms with E-state index in [1.54, 1.807) is 0 Å². The van der Waals surface area contributed by atoms with Crippen LogP contribution < -0.4 is 5.32 Å². The van der Waals surface area contributed by atoms with Gasteiger partial charge in [-0.2, -0.15) is 4.31 Å². The molecular formula is C24H29ClN2O4S. The smallest absolute Gasteiger partial charge is 0.253 e. The summed E-state index contributed by atoms with van der Waals surface area (Å²) in [6.07, 6.45) is 5.32. The third-order valence-electron chi connectivity index (χ3n) is 6.28. The molecular weight excluding hydrogens is 448 g/mol. The number of carbonyl (C=O) groups excluding carboxylic acids is 1. The fourth-order valence-corrected chi connectivity index (χ4v) is 6.04. The Kier molecular flexibility index (Phi) is 7.20. The molecule has 6 nitrogen and oxygen atoms in total. The van der Waals surface area contributed by atoms with E-state index in [9.17, 15) is 13.2 Å². The molecule has 2 aromatic rings. The fourth-order valence-electron chi connectivity index (χ4n) is 4.40. The van der Waals surface area contributed by atoms with Gasteiger partial charge < -0.3 is 10.1 Å². The number of halogens is 1. The van der Waals surface area contributed by atoms with Crippen molar-refractivity contribution in [2.75, 3.05) is 26.3 Å². The average molecular weight is 477 g/mol. The van der Waals surface area contributed by atoms with Crippen molar-refractivity contribution in [2.24, 2.45) is 0 Å². The number of fused-ring (bicyclic) bond motifs is 1. The first kappa shape index (κ1) is 23.2. The molecule has 32 heavy (non-hydrogen) atoms. The molecule has 1 aliphatic carbocycles. The molecule has 0 radical (unpaired) electrons. The average Bonchev–Trinajstić information content (AvgIpc) is 2.82. The first-order valence-electron chi connectivity index (χ1n) is 11.2. The van der Waals surface area contributed by atoms with Gasteiger partial charge in [-0.25, -0.2) is 8.42 Å². The molecule has 2 aromatic carbocycles. The topological polar surface area (TPSA) is 75.7 Å². The van der Waals surface area contributed by atoms with Gasteiger partial charge in [-0.3, -0.25) is 4.79 Å². The van der Waals surface area contributed by atoms with Crippen LogP contribution in [0.1, 0.15) is 59.3 Å². The van der Waals surface area contributed by atoms with Crippen LogP contribution in [0.5, 0.6) is 0 Å². The molecule has 8 heteroatoms. The summed E-state index contributed by atoms with van der Waals surface area (Å²) in [5.74, 6) is -0.376. The van der Waals surface area contributed by atoms with Gasteiger partial charge >= 0.3 is 0 Å². The van der Waals surface area contributed by atoms with Crippen molar-refractivity contribution in [2.45, 2.75) is 50.0 Å². The molecule has 1 atom stereocenters. The Bertz CT molecular complexity index is 1100. The number of hydrogen-bond acceptors (Lipinski definition) is 4. The summed E-state index contributed by atoms with van der Waals surface area (Å²) in [5, 5.41) is 3.28. The van der Waals surface area contributed by atoms with Crippen LogP contribution >= 0.6 is 11.6 Å². The lowest BCUT2D eigenvalue weighted by Gasteiger charge is -2.26. The Hall–Kier alpha value is -1.93. The van der Waals surface area contributed by atoms with Crippen LogP contribution in [0.2, 0.25) is 5.02 Å². The van der Waals surface area contributed by atoms with Crippen LogP contribution in [0.15, 0.2) is 41.3 Å². The highest BCUT2D eigenvalue weighted by Crippen LogP contribution is 2.28. The maximum absolute atomic E-state index is 13.1. The van der Waals surface area contributed by atoms with E-state index in [1.165, 1.54) is 46.5 Å². The van der Waals surface area contributed by atoms with Gasteiger partial charge in [-0.1, -0.05) is 36.7 Å². The summed E-state index contributed by atoms with van der Waals surface area (Å²) in [7, 11) is -3.72. The molecule has 172 valence electrons. The van der Waals surface area contributed by atoms with E-state index in [2.05, 4.69) is 23.5 Å². The summed E-state index contributed by atoms with van der Waals surface area (Å²) >= 11 is 6.31. The molecule has 1 saturated heterocycles. The van der Waals surface area contributed by atoms with Gasteiger partial charge in [0.1, 0.15) is 0 Å². The number of benzene rings is 2. The van der Waals surface area contributed by atoms with Gasteiger partial charge in [-0.05, 0) is 67.0 Å². The Morgan fingerprint density at radius 3 is 2.53 bits per heavy atom. The normalized spacial score (nSPS) is 18.1. The van der Waals surface area contributed by atoms with Crippen LogP contribution in [0, 0.1) is 0 Å². The van der Waals surface area contributed by atoms with Crippen molar-refractivity contribution in [1.29, 1.82) is 0 Å². The monoisotopic (exact) mass is 476 g/mol. The minimum Gasteiger partial charge on any atom is -0.379 e. The van der Waals surface area contributed by atoms with Crippen LogP contribution in [-0.2, 0) is 27.6 Å². The number of morpholine rings is 1. The van der Waals surface area contributed by atoms with Crippen LogP contribution in [0.3, 0.4) is 0 Å². The lowest BCUT2D eigenvalue weighted by Crippen LogP contribution is -2.40. The molecule has 1 N–H and O–H groups in total. The quantitative estimate of drug-likeness (QED) is 0.680. The summed E-state index contributed by atoms with van der Waals surface area (Å²) in [6.45, 7) is 3.33. The van der Waals surface area contributed by atoms with Gasteiger partial charge in [0.15, 0.2) is 0 Å². The molecule has 1 aliphatic heterocycles. The van der Waals surface area contributed by atoms with E-state index < -0.39 is 10.0 Å². The third-order valence-corrected chi connectivity index (χ3v) is 8.50. The second kappa shape index (κ2) is 9.91. The van der Waals surface area contributed by atoms with Crippen molar-refractivity contribution < 1.29 is 17.9 Å².